The maximum absolute atomic E-state index is 12.9. The molecular formula is C17H21F3N2O2. The van der Waals surface area contributed by atoms with Crippen LogP contribution in [0.3, 0.4) is 0 Å². The fourth-order valence-corrected chi connectivity index (χ4v) is 3.49. The Balaban J connectivity index is 1.70. The van der Waals surface area contributed by atoms with Crippen molar-refractivity contribution in [2.75, 3.05) is 13.1 Å². The van der Waals surface area contributed by atoms with E-state index in [2.05, 4.69) is 10.6 Å². The lowest BCUT2D eigenvalue weighted by Gasteiger charge is -2.43. The summed E-state index contributed by atoms with van der Waals surface area (Å²) < 4.78 is 38.8. The average molecular weight is 342 g/mol. The molecule has 0 radical (unpaired) electrons. The molecule has 24 heavy (non-hydrogen) atoms. The maximum atomic E-state index is 12.9. The zero-order valence-electron chi connectivity index (χ0n) is 13.2. The van der Waals surface area contributed by atoms with Crippen LogP contribution in [0.1, 0.15) is 36.8 Å². The molecule has 0 spiro atoms. The second kappa shape index (κ2) is 6.37. The van der Waals surface area contributed by atoms with E-state index < -0.39 is 29.3 Å². The van der Waals surface area contributed by atoms with E-state index in [0.29, 0.717) is 25.1 Å². The van der Waals surface area contributed by atoms with Crippen LogP contribution in [-0.2, 0) is 16.4 Å². The van der Waals surface area contributed by atoms with Crippen molar-refractivity contribution in [1.29, 1.82) is 0 Å². The van der Waals surface area contributed by atoms with E-state index >= 15 is 0 Å². The number of nitrogens with one attached hydrogen (secondary N) is 2. The largest absolute Gasteiger partial charge is 0.416 e. The summed E-state index contributed by atoms with van der Waals surface area (Å²) in [6, 6.07) is 4.97. The van der Waals surface area contributed by atoms with Gasteiger partial charge >= 0.3 is 6.18 Å². The molecule has 2 unspecified atom stereocenters. The minimum atomic E-state index is -4.37. The predicted molar refractivity (Wildman–Crippen MR) is 82.4 cm³/mol. The number of alkyl halides is 3. The molecule has 3 N–H and O–H groups in total. The van der Waals surface area contributed by atoms with Crippen LogP contribution in [0, 0.1) is 0 Å². The highest BCUT2D eigenvalue weighted by molar-refractivity contribution is 5.82. The third-order valence-electron chi connectivity index (χ3n) is 5.14. The molecule has 1 amide bonds. The van der Waals surface area contributed by atoms with Crippen LogP contribution in [0.2, 0.25) is 0 Å². The average Bonchev–Trinajstić information content (AvgIpc) is 2.92. The van der Waals surface area contributed by atoms with Crippen molar-refractivity contribution in [2.24, 2.45) is 0 Å². The fourth-order valence-electron chi connectivity index (χ4n) is 3.49. The van der Waals surface area contributed by atoms with Gasteiger partial charge in [0.25, 0.3) is 0 Å². The van der Waals surface area contributed by atoms with E-state index in [1.165, 1.54) is 12.1 Å². The highest BCUT2D eigenvalue weighted by Gasteiger charge is 2.41. The zero-order valence-corrected chi connectivity index (χ0v) is 13.2. The highest BCUT2D eigenvalue weighted by Crippen LogP contribution is 2.44. The van der Waals surface area contributed by atoms with Crippen molar-refractivity contribution in [1.82, 2.24) is 10.6 Å². The number of amides is 1. The summed E-state index contributed by atoms with van der Waals surface area (Å²) in [5, 5.41) is 15.3. The Kier molecular flexibility index (Phi) is 4.57. The topological polar surface area (TPSA) is 61.4 Å². The monoisotopic (exact) mass is 342 g/mol. The Labute approximate surface area is 138 Å². The molecular weight excluding hydrogens is 321 g/mol. The summed E-state index contributed by atoms with van der Waals surface area (Å²) in [7, 11) is 0. The van der Waals surface area contributed by atoms with Gasteiger partial charge in [-0.1, -0.05) is 24.6 Å². The lowest BCUT2D eigenvalue weighted by atomic mass is 9.64. The van der Waals surface area contributed by atoms with E-state index in [1.54, 1.807) is 6.07 Å². The lowest BCUT2D eigenvalue weighted by Crippen LogP contribution is -2.49. The lowest BCUT2D eigenvalue weighted by molar-refractivity contribution is -0.137. The van der Waals surface area contributed by atoms with Gasteiger partial charge in [-0.3, -0.25) is 4.79 Å². The summed E-state index contributed by atoms with van der Waals surface area (Å²) in [5.74, 6) is -0.204. The number of aliphatic hydroxyl groups excluding tert-OH is 1. The van der Waals surface area contributed by atoms with Crippen LogP contribution in [0.4, 0.5) is 13.2 Å². The Morgan fingerprint density at radius 2 is 2.12 bits per heavy atom. The molecule has 7 heteroatoms. The molecule has 1 heterocycles. The fraction of sp³-hybridized carbons (Fsp3) is 0.588. The maximum Gasteiger partial charge on any atom is 0.416 e. The number of rotatable bonds is 4. The number of carbonyl (C=O) groups is 1. The predicted octanol–water partition coefficient (Wildman–Crippen LogP) is 1.97. The second-order valence-electron chi connectivity index (χ2n) is 6.78. The van der Waals surface area contributed by atoms with Crippen molar-refractivity contribution in [2.45, 2.75) is 49.4 Å². The summed E-state index contributed by atoms with van der Waals surface area (Å²) >= 11 is 0. The number of halogens is 3. The molecule has 0 bridgehead atoms. The van der Waals surface area contributed by atoms with E-state index in [1.807, 2.05) is 0 Å². The van der Waals surface area contributed by atoms with Gasteiger partial charge in [-0.15, -0.1) is 0 Å². The van der Waals surface area contributed by atoms with E-state index in [4.69, 9.17) is 0 Å². The molecule has 2 fully saturated rings. The van der Waals surface area contributed by atoms with Crippen LogP contribution >= 0.6 is 0 Å². The standard InChI is InChI=1S/C17H21F3N2O2/c18-17(19,20)12-4-1-3-11(7-12)16(5-2-6-16)10-22-15(24)14-8-13(23)9-21-14/h1,3-4,7,13-14,21,23H,2,5-6,8-10H2,(H,22,24). The molecule has 1 aromatic rings. The number of hydrogen-bond acceptors (Lipinski definition) is 3. The van der Waals surface area contributed by atoms with Gasteiger partial charge in [-0.05, 0) is 30.9 Å². The first-order valence-corrected chi connectivity index (χ1v) is 8.17. The summed E-state index contributed by atoms with van der Waals surface area (Å²) in [6.45, 7) is 0.707. The van der Waals surface area contributed by atoms with Gasteiger partial charge in [0.15, 0.2) is 0 Å². The molecule has 2 aliphatic rings. The number of hydrogen-bond donors (Lipinski definition) is 3. The Morgan fingerprint density at radius 1 is 1.38 bits per heavy atom. The molecule has 4 nitrogen and oxygen atoms in total. The molecule has 1 aliphatic heterocycles. The highest BCUT2D eigenvalue weighted by atomic mass is 19.4. The minimum absolute atomic E-state index is 0.204. The molecule has 1 aromatic carbocycles. The smallest absolute Gasteiger partial charge is 0.392 e. The van der Waals surface area contributed by atoms with Gasteiger partial charge in [0.05, 0.1) is 17.7 Å². The van der Waals surface area contributed by atoms with E-state index in [9.17, 15) is 23.1 Å². The first-order chi connectivity index (χ1) is 11.3. The first-order valence-electron chi connectivity index (χ1n) is 8.17. The number of benzene rings is 1. The number of aliphatic hydroxyl groups is 1. The molecule has 1 aliphatic carbocycles. The zero-order chi connectivity index (χ0) is 17.4. The summed E-state index contributed by atoms with van der Waals surface area (Å²) in [4.78, 5) is 12.2. The Morgan fingerprint density at radius 3 is 2.67 bits per heavy atom. The molecule has 0 aromatic heterocycles. The summed E-state index contributed by atoms with van der Waals surface area (Å²) in [6.07, 6.45) is -2.07. The quantitative estimate of drug-likeness (QED) is 0.784. The van der Waals surface area contributed by atoms with Crippen LogP contribution in [0.25, 0.3) is 0 Å². The Hall–Kier alpha value is -1.60. The third kappa shape index (κ3) is 3.42. The molecule has 1 saturated heterocycles. The first kappa shape index (κ1) is 17.2. The van der Waals surface area contributed by atoms with Crippen molar-refractivity contribution in [3.05, 3.63) is 35.4 Å². The SMILES string of the molecule is O=C(NCC1(c2cccc(C(F)(F)F)c2)CCC1)C1CC(O)CN1. The number of β-amino-alcohol motifs (C(OH)–C–C–N with tert-alkyl or cyclic N) is 1. The van der Waals surface area contributed by atoms with Crippen LogP contribution in [0.15, 0.2) is 24.3 Å². The third-order valence-corrected chi connectivity index (χ3v) is 5.14. The molecule has 132 valence electrons. The number of carbonyl (C=O) groups excluding carboxylic acids is 1. The normalized spacial score (nSPS) is 26.0. The van der Waals surface area contributed by atoms with Gasteiger partial charge in [-0.2, -0.15) is 13.2 Å². The molecule has 3 rings (SSSR count). The van der Waals surface area contributed by atoms with Crippen molar-refractivity contribution in [3.8, 4) is 0 Å². The Bertz CT molecular complexity index is 614. The van der Waals surface area contributed by atoms with Crippen molar-refractivity contribution in [3.63, 3.8) is 0 Å². The van der Waals surface area contributed by atoms with Gasteiger partial charge in [0, 0.05) is 18.5 Å². The minimum Gasteiger partial charge on any atom is -0.392 e. The van der Waals surface area contributed by atoms with Crippen molar-refractivity contribution >= 4 is 5.91 Å². The van der Waals surface area contributed by atoms with Gasteiger partial charge in [0.2, 0.25) is 5.91 Å². The van der Waals surface area contributed by atoms with Crippen LogP contribution < -0.4 is 10.6 Å². The molecule has 2 atom stereocenters. The summed E-state index contributed by atoms with van der Waals surface area (Å²) in [5.41, 5.74) is -0.449. The van der Waals surface area contributed by atoms with Gasteiger partial charge in [-0.25, -0.2) is 0 Å². The van der Waals surface area contributed by atoms with E-state index in [-0.39, 0.29) is 5.91 Å². The second-order valence-corrected chi connectivity index (χ2v) is 6.78. The molecule has 1 saturated carbocycles. The van der Waals surface area contributed by atoms with E-state index in [0.717, 1.165) is 25.3 Å². The van der Waals surface area contributed by atoms with Crippen molar-refractivity contribution < 1.29 is 23.1 Å². The van der Waals surface area contributed by atoms with Crippen LogP contribution in [-0.4, -0.2) is 36.2 Å². The van der Waals surface area contributed by atoms with Crippen LogP contribution in [0.5, 0.6) is 0 Å². The van der Waals surface area contributed by atoms with Gasteiger partial charge in [0.1, 0.15) is 0 Å². The van der Waals surface area contributed by atoms with Gasteiger partial charge < -0.3 is 15.7 Å².